The number of amides is 1. The lowest BCUT2D eigenvalue weighted by Gasteiger charge is -2.33. The van der Waals surface area contributed by atoms with Gasteiger partial charge in [-0.3, -0.25) is 15.0 Å². The first-order valence-corrected chi connectivity index (χ1v) is 15.6. The second-order valence-electron chi connectivity index (χ2n) is 11.7. The third kappa shape index (κ3) is 8.78. The van der Waals surface area contributed by atoms with Crippen LogP contribution in [-0.4, -0.2) is 83.2 Å². The van der Waals surface area contributed by atoms with Gasteiger partial charge < -0.3 is 19.5 Å². The molecule has 4 rings (SSSR count). The van der Waals surface area contributed by atoms with Crippen molar-refractivity contribution < 1.29 is 14.7 Å². The summed E-state index contributed by atoms with van der Waals surface area (Å²) in [4.78, 5) is 30.5. The number of aromatic nitrogens is 1. The largest absolute Gasteiger partial charge is 0.481 e. The van der Waals surface area contributed by atoms with Gasteiger partial charge >= 0.3 is 5.97 Å². The summed E-state index contributed by atoms with van der Waals surface area (Å²) in [6.07, 6.45) is 3.94. The van der Waals surface area contributed by atoms with Crippen molar-refractivity contribution in [3.8, 4) is 0 Å². The molecule has 0 aliphatic rings. The Hall–Kier alpha value is -3.98. The third-order valence-electron chi connectivity index (χ3n) is 8.16. The zero-order chi connectivity index (χ0) is 31.5. The monoisotopic (exact) mass is 597 g/mol. The molecule has 44 heavy (non-hydrogen) atoms. The molecule has 1 amide bonds. The van der Waals surface area contributed by atoms with E-state index in [2.05, 4.69) is 35.1 Å². The van der Waals surface area contributed by atoms with Crippen molar-refractivity contribution in [3.05, 3.63) is 108 Å². The van der Waals surface area contributed by atoms with Gasteiger partial charge in [-0.2, -0.15) is 0 Å². The molecule has 8 heteroatoms. The molecule has 1 heterocycles. The molecule has 0 radical (unpaired) electrons. The van der Waals surface area contributed by atoms with E-state index in [0.29, 0.717) is 32.5 Å². The Kier molecular flexibility index (Phi) is 12.1. The van der Waals surface area contributed by atoms with E-state index in [1.165, 1.54) is 0 Å². The van der Waals surface area contributed by atoms with Gasteiger partial charge in [-0.05, 0) is 62.7 Å². The van der Waals surface area contributed by atoms with Gasteiger partial charge in [0.15, 0.2) is 0 Å². The summed E-state index contributed by atoms with van der Waals surface area (Å²) in [7, 11) is 5.97. The van der Waals surface area contributed by atoms with Crippen LogP contribution in [0.1, 0.15) is 42.4 Å². The molecule has 0 bridgehead atoms. The summed E-state index contributed by atoms with van der Waals surface area (Å²) < 4.78 is 2.19. The van der Waals surface area contributed by atoms with Gasteiger partial charge in [0.05, 0.1) is 5.92 Å². The number of para-hydroxylation sites is 1. The fourth-order valence-electron chi connectivity index (χ4n) is 5.86. The second kappa shape index (κ2) is 16.2. The van der Waals surface area contributed by atoms with Crippen LogP contribution < -0.4 is 5.43 Å². The maximum atomic E-state index is 13.9. The predicted molar refractivity (Wildman–Crippen MR) is 177 cm³/mol. The number of hydrogen-bond donors (Lipinski definition) is 2. The highest BCUT2D eigenvalue weighted by molar-refractivity contribution is 5.90. The van der Waals surface area contributed by atoms with E-state index in [-0.39, 0.29) is 5.91 Å². The molecular formula is C36H47N5O3. The smallest absolute Gasteiger partial charge is 0.311 e. The lowest BCUT2D eigenvalue weighted by Crippen LogP contribution is -2.54. The molecule has 1 aromatic heterocycles. The molecule has 0 spiro atoms. The summed E-state index contributed by atoms with van der Waals surface area (Å²) in [6.45, 7) is 5.34. The molecule has 0 saturated carbocycles. The average molecular weight is 598 g/mol. The topological polar surface area (TPSA) is 81.0 Å². The number of benzene rings is 3. The van der Waals surface area contributed by atoms with Gasteiger partial charge in [0.25, 0.3) is 0 Å². The van der Waals surface area contributed by atoms with Crippen LogP contribution in [0, 0.1) is 0 Å². The summed E-state index contributed by atoms with van der Waals surface area (Å²) in [5.41, 5.74) is 7.50. The molecule has 0 fully saturated rings. The van der Waals surface area contributed by atoms with Crippen molar-refractivity contribution in [1.82, 2.24) is 24.8 Å². The Morgan fingerprint density at radius 1 is 0.886 bits per heavy atom. The first-order valence-electron chi connectivity index (χ1n) is 15.6. The van der Waals surface area contributed by atoms with Crippen LogP contribution in [0.4, 0.5) is 0 Å². The summed E-state index contributed by atoms with van der Waals surface area (Å²) >= 11 is 0. The van der Waals surface area contributed by atoms with E-state index >= 15 is 0 Å². The van der Waals surface area contributed by atoms with E-state index in [9.17, 15) is 14.7 Å². The molecular weight excluding hydrogens is 550 g/mol. The van der Waals surface area contributed by atoms with Gasteiger partial charge in [0, 0.05) is 50.3 Å². The first-order chi connectivity index (χ1) is 21.3. The highest BCUT2D eigenvalue weighted by Crippen LogP contribution is 2.30. The lowest BCUT2D eigenvalue weighted by molar-refractivity contribution is -0.140. The maximum Gasteiger partial charge on any atom is 0.311 e. The van der Waals surface area contributed by atoms with Crippen LogP contribution in [-0.2, 0) is 29.1 Å². The number of aryl methyl sites for hydroxylation is 1. The van der Waals surface area contributed by atoms with E-state index < -0.39 is 17.9 Å². The molecule has 8 nitrogen and oxygen atoms in total. The zero-order valence-electron chi connectivity index (χ0n) is 26.5. The highest BCUT2D eigenvalue weighted by Gasteiger charge is 2.29. The average Bonchev–Trinajstić information content (AvgIpc) is 3.38. The summed E-state index contributed by atoms with van der Waals surface area (Å²) in [5, 5.41) is 13.3. The van der Waals surface area contributed by atoms with E-state index in [0.717, 1.165) is 47.1 Å². The molecule has 2 N–H and O–H groups in total. The number of carboxylic acid groups (broad SMARTS) is 1. The van der Waals surface area contributed by atoms with E-state index in [1.807, 2.05) is 104 Å². The Labute approximate surface area is 261 Å². The number of aliphatic carboxylic acids is 1. The van der Waals surface area contributed by atoms with Crippen molar-refractivity contribution in [2.24, 2.45) is 0 Å². The van der Waals surface area contributed by atoms with Crippen LogP contribution in [0.5, 0.6) is 0 Å². The summed E-state index contributed by atoms with van der Waals surface area (Å²) in [6, 6.07) is 27.6. The number of nitrogens with one attached hydrogen (secondary N) is 1. The number of carbonyl (C=O) groups excluding carboxylic acids is 1. The number of carboxylic acids is 1. The van der Waals surface area contributed by atoms with Crippen LogP contribution in [0.15, 0.2) is 91.1 Å². The fraction of sp³-hybridized carbons (Fsp3) is 0.389. The molecule has 234 valence electrons. The molecule has 0 saturated heterocycles. The maximum absolute atomic E-state index is 13.9. The first kappa shape index (κ1) is 32.9. The minimum Gasteiger partial charge on any atom is -0.481 e. The standard InChI is InChI=1S/C36H47N5O3/c1-5-41(34(25-28-15-8-6-9-16-28)35(42)39(4)26-29-17-10-7-11-18-29)37-22-21-31(36(43)44)32-27-40(24-14-23-38(2)3)33-20-13-12-19-30(32)33/h6-13,15-20,27,31,34,37H,5,14,21-26H2,1-4H3,(H,43,44). The van der Waals surface area contributed by atoms with E-state index in [1.54, 1.807) is 4.90 Å². The number of hydrazine groups is 1. The van der Waals surface area contributed by atoms with Crippen molar-refractivity contribution in [2.45, 2.75) is 51.2 Å². The number of likely N-dealkylation sites (N-methyl/N-ethyl adjacent to an activating group) is 2. The number of carbonyl (C=O) groups is 2. The fourth-order valence-corrected chi connectivity index (χ4v) is 5.86. The Morgan fingerprint density at radius 2 is 1.52 bits per heavy atom. The number of hydrogen-bond acceptors (Lipinski definition) is 5. The van der Waals surface area contributed by atoms with Crippen LogP contribution in [0.2, 0.25) is 0 Å². The molecule has 3 aromatic carbocycles. The van der Waals surface area contributed by atoms with Gasteiger partial charge in [-0.25, -0.2) is 5.01 Å². The zero-order valence-corrected chi connectivity index (χ0v) is 26.5. The molecule has 0 aliphatic carbocycles. The minimum absolute atomic E-state index is 0.0163. The van der Waals surface area contributed by atoms with Crippen LogP contribution >= 0.6 is 0 Å². The third-order valence-corrected chi connectivity index (χ3v) is 8.16. The lowest BCUT2D eigenvalue weighted by atomic mass is 9.95. The Bertz CT molecular complexity index is 1470. The normalized spacial score (nSPS) is 13.0. The van der Waals surface area contributed by atoms with Crippen LogP contribution in [0.3, 0.4) is 0 Å². The molecule has 2 unspecified atom stereocenters. The van der Waals surface area contributed by atoms with Gasteiger partial charge in [-0.15, -0.1) is 0 Å². The van der Waals surface area contributed by atoms with Gasteiger partial charge in [0.2, 0.25) is 5.91 Å². The predicted octanol–water partition coefficient (Wildman–Crippen LogP) is 5.25. The summed E-state index contributed by atoms with van der Waals surface area (Å²) in [5.74, 6) is -1.50. The van der Waals surface area contributed by atoms with Crippen molar-refractivity contribution in [1.29, 1.82) is 0 Å². The number of nitrogens with zero attached hydrogens (tertiary/aromatic N) is 4. The number of fused-ring (bicyclic) bond motifs is 1. The van der Waals surface area contributed by atoms with Crippen molar-refractivity contribution in [3.63, 3.8) is 0 Å². The van der Waals surface area contributed by atoms with E-state index in [4.69, 9.17) is 0 Å². The van der Waals surface area contributed by atoms with Crippen molar-refractivity contribution >= 4 is 22.8 Å². The minimum atomic E-state index is -0.842. The quantitative estimate of drug-likeness (QED) is 0.162. The SMILES string of the molecule is CCN(NCCC(C(=O)O)c1cn(CCCN(C)C)c2ccccc12)C(Cc1ccccc1)C(=O)N(C)Cc1ccccc1. The Morgan fingerprint density at radius 3 is 2.16 bits per heavy atom. The van der Waals surface area contributed by atoms with Crippen molar-refractivity contribution in [2.75, 3.05) is 40.8 Å². The molecule has 2 atom stereocenters. The van der Waals surface area contributed by atoms with Crippen LogP contribution in [0.25, 0.3) is 10.9 Å². The molecule has 0 aliphatic heterocycles. The molecule has 4 aromatic rings. The number of rotatable bonds is 17. The van der Waals surface area contributed by atoms with Gasteiger partial charge in [0.1, 0.15) is 6.04 Å². The highest BCUT2D eigenvalue weighted by atomic mass is 16.4. The van der Waals surface area contributed by atoms with Gasteiger partial charge in [-0.1, -0.05) is 85.8 Å². The second-order valence-corrected chi connectivity index (χ2v) is 11.7. The Balaban J connectivity index is 1.50.